The first-order valence-corrected chi connectivity index (χ1v) is 10.3. The van der Waals surface area contributed by atoms with Crippen molar-refractivity contribution in [2.24, 2.45) is 0 Å². The Balaban J connectivity index is 1.56. The minimum absolute atomic E-state index is 0.0152. The van der Waals surface area contributed by atoms with Crippen LogP contribution in [-0.2, 0) is 40.1 Å². The van der Waals surface area contributed by atoms with Crippen LogP contribution in [0.1, 0.15) is 30.2 Å². The lowest BCUT2D eigenvalue weighted by molar-refractivity contribution is -0.143. The van der Waals surface area contributed by atoms with Crippen LogP contribution in [0.15, 0.2) is 48.5 Å². The zero-order valence-electron chi connectivity index (χ0n) is 17.0. The molecule has 0 saturated carbocycles. The third-order valence-electron chi connectivity index (χ3n) is 5.59. The Morgan fingerprint density at radius 2 is 2.00 bits per heavy atom. The van der Waals surface area contributed by atoms with E-state index in [4.69, 9.17) is 4.74 Å². The number of benzene rings is 2. The molecular weight excluding hydrogens is 383 g/mol. The topological polar surface area (TPSA) is 60.3 Å². The Labute approximate surface area is 174 Å². The summed E-state index contributed by atoms with van der Waals surface area (Å²) in [6.07, 6.45) is 2.44. The van der Waals surface area contributed by atoms with Crippen LogP contribution in [0, 0.1) is 5.82 Å². The summed E-state index contributed by atoms with van der Waals surface area (Å²) in [6.45, 7) is 2.21. The molecule has 6 heteroatoms. The fourth-order valence-corrected chi connectivity index (χ4v) is 4.32. The average Bonchev–Trinajstić information content (AvgIpc) is 3.01. The first-order valence-electron chi connectivity index (χ1n) is 10.3. The molecule has 1 N–H and O–H groups in total. The largest absolute Gasteiger partial charge is 0.465 e. The van der Waals surface area contributed by atoms with Crippen LogP contribution < -0.4 is 5.32 Å². The molecule has 1 aliphatic rings. The maximum absolute atomic E-state index is 14.0. The average molecular weight is 408 g/mol. The highest BCUT2D eigenvalue weighted by Gasteiger charge is 2.27. The van der Waals surface area contributed by atoms with E-state index >= 15 is 0 Å². The van der Waals surface area contributed by atoms with E-state index in [1.54, 1.807) is 13.0 Å². The van der Waals surface area contributed by atoms with Gasteiger partial charge in [0.1, 0.15) is 12.4 Å². The molecule has 1 aromatic heterocycles. The third kappa shape index (κ3) is 4.22. The van der Waals surface area contributed by atoms with Crippen molar-refractivity contribution in [1.82, 2.24) is 9.88 Å². The molecule has 1 aliphatic carbocycles. The van der Waals surface area contributed by atoms with Crippen molar-refractivity contribution in [3.05, 3.63) is 71.2 Å². The second-order valence-electron chi connectivity index (χ2n) is 7.65. The number of halogens is 1. The van der Waals surface area contributed by atoms with Gasteiger partial charge in [-0.25, -0.2) is 4.39 Å². The van der Waals surface area contributed by atoms with E-state index in [9.17, 15) is 14.0 Å². The molecule has 1 heterocycles. The fourth-order valence-electron chi connectivity index (χ4n) is 4.32. The molecule has 0 aliphatic heterocycles. The second kappa shape index (κ2) is 8.69. The van der Waals surface area contributed by atoms with Crippen LogP contribution in [-0.4, -0.2) is 29.1 Å². The van der Waals surface area contributed by atoms with Gasteiger partial charge in [-0.3, -0.25) is 9.59 Å². The van der Waals surface area contributed by atoms with Gasteiger partial charge < -0.3 is 14.6 Å². The predicted octanol–water partition coefficient (Wildman–Crippen LogP) is 3.56. The molecule has 0 saturated heterocycles. The van der Waals surface area contributed by atoms with E-state index in [1.807, 2.05) is 34.9 Å². The van der Waals surface area contributed by atoms with E-state index in [0.29, 0.717) is 25.9 Å². The Hall–Kier alpha value is -3.15. The zero-order chi connectivity index (χ0) is 21.1. The van der Waals surface area contributed by atoms with Crippen molar-refractivity contribution < 1.29 is 18.7 Å². The third-order valence-corrected chi connectivity index (χ3v) is 5.59. The van der Waals surface area contributed by atoms with E-state index < -0.39 is 0 Å². The summed E-state index contributed by atoms with van der Waals surface area (Å²) < 4.78 is 21.0. The van der Waals surface area contributed by atoms with Gasteiger partial charge in [0.25, 0.3) is 0 Å². The van der Waals surface area contributed by atoms with Gasteiger partial charge in [0.05, 0.1) is 13.0 Å². The molecule has 5 nitrogen and oxygen atoms in total. The van der Waals surface area contributed by atoms with Crippen molar-refractivity contribution in [3.63, 3.8) is 0 Å². The molecule has 156 valence electrons. The van der Waals surface area contributed by atoms with Crippen molar-refractivity contribution in [3.8, 4) is 0 Å². The first-order chi connectivity index (χ1) is 14.5. The Morgan fingerprint density at radius 1 is 1.20 bits per heavy atom. The number of hydrogen-bond donors (Lipinski definition) is 1. The smallest absolute Gasteiger partial charge is 0.325 e. The van der Waals surface area contributed by atoms with Gasteiger partial charge in [-0.2, -0.15) is 0 Å². The molecule has 0 radical (unpaired) electrons. The molecule has 30 heavy (non-hydrogen) atoms. The Bertz CT molecular complexity index is 1070. The predicted molar refractivity (Wildman–Crippen MR) is 113 cm³/mol. The number of fused-ring (bicyclic) bond motifs is 3. The van der Waals surface area contributed by atoms with Crippen LogP contribution in [0.2, 0.25) is 0 Å². The molecule has 1 amide bonds. The van der Waals surface area contributed by atoms with Gasteiger partial charge in [0, 0.05) is 22.6 Å². The van der Waals surface area contributed by atoms with Crippen molar-refractivity contribution in [1.29, 1.82) is 0 Å². The van der Waals surface area contributed by atoms with E-state index in [1.165, 1.54) is 12.1 Å². The second-order valence-corrected chi connectivity index (χ2v) is 7.65. The van der Waals surface area contributed by atoms with Gasteiger partial charge >= 0.3 is 5.97 Å². The van der Waals surface area contributed by atoms with E-state index in [0.717, 1.165) is 34.1 Å². The number of esters is 1. The summed E-state index contributed by atoms with van der Waals surface area (Å²) in [4.78, 5) is 24.6. The zero-order valence-corrected chi connectivity index (χ0v) is 17.0. The number of amides is 1. The molecule has 0 bridgehead atoms. The van der Waals surface area contributed by atoms with Gasteiger partial charge in [0.2, 0.25) is 5.91 Å². The van der Waals surface area contributed by atoms with Crippen LogP contribution in [0.5, 0.6) is 0 Å². The molecule has 0 fully saturated rings. The van der Waals surface area contributed by atoms with E-state index in [2.05, 4.69) is 5.32 Å². The Morgan fingerprint density at radius 3 is 2.77 bits per heavy atom. The van der Waals surface area contributed by atoms with Crippen molar-refractivity contribution in [2.45, 2.75) is 45.2 Å². The molecular formula is C24H25FN2O3. The molecule has 2 aromatic carbocycles. The molecule has 3 aromatic rings. The van der Waals surface area contributed by atoms with Gasteiger partial charge in [-0.1, -0.05) is 30.3 Å². The number of carbonyl (C=O) groups excluding carboxylic acids is 2. The molecule has 1 atom stereocenters. The fraction of sp³-hybridized carbons (Fsp3) is 0.333. The van der Waals surface area contributed by atoms with Gasteiger partial charge in [0.15, 0.2) is 0 Å². The SMILES string of the molecule is CCOC(=O)Cn1c2c(c3cc(F)ccc31)C[C@H](NC(=O)Cc1ccccc1)CC2. The molecule has 0 unspecified atom stereocenters. The summed E-state index contributed by atoms with van der Waals surface area (Å²) in [7, 11) is 0. The number of nitrogens with one attached hydrogen (secondary N) is 1. The Kier molecular flexibility index (Phi) is 5.84. The van der Waals surface area contributed by atoms with E-state index in [-0.39, 0.29) is 30.3 Å². The highest BCUT2D eigenvalue weighted by molar-refractivity contribution is 5.88. The maximum atomic E-state index is 14.0. The van der Waals surface area contributed by atoms with Crippen LogP contribution in [0.25, 0.3) is 10.9 Å². The number of nitrogens with zero attached hydrogens (tertiary/aromatic N) is 1. The number of hydrogen-bond acceptors (Lipinski definition) is 3. The summed E-state index contributed by atoms with van der Waals surface area (Å²) in [5.41, 5.74) is 3.83. The summed E-state index contributed by atoms with van der Waals surface area (Å²) in [5.74, 6) is -0.635. The monoisotopic (exact) mass is 408 g/mol. The quantitative estimate of drug-likeness (QED) is 0.635. The molecule has 4 rings (SSSR count). The number of aromatic nitrogens is 1. The molecule has 0 spiro atoms. The lowest BCUT2D eigenvalue weighted by atomic mass is 9.91. The lowest BCUT2D eigenvalue weighted by Crippen LogP contribution is -2.39. The minimum Gasteiger partial charge on any atom is -0.465 e. The first kappa shape index (κ1) is 20.1. The highest BCUT2D eigenvalue weighted by atomic mass is 19.1. The summed E-state index contributed by atoms with van der Waals surface area (Å²) in [5, 5.41) is 3.93. The number of rotatable bonds is 6. The lowest BCUT2D eigenvalue weighted by Gasteiger charge is -2.25. The number of ether oxygens (including phenoxy) is 1. The maximum Gasteiger partial charge on any atom is 0.325 e. The van der Waals surface area contributed by atoms with Gasteiger partial charge in [-0.05, 0) is 55.5 Å². The van der Waals surface area contributed by atoms with Gasteiger partial charge in [-0.15, -0.1) is 0 Å². The van der Waals surface area contributed by atoms with Crippen LogP contribution in [0.3, 0.4) is 0 Å². The van der Waals surface area contributed by atoms with Crippen molar-refractivity contribution in [2.75, 3.05) is 6.61 Å². The highest BCUT2D eigenvalue weighted by Crippen LogP contribution is 2.33. The summed E-state index contributed by atoms with van der Waals surface area (Å²) >= 11 is 0. The standard InChI is InChI=1S/C24H25FN2O3/c1-2-30-24(29)15-27-21-10-8-17(25)13-19(21)20-14-18(9-11-22(20)27)26-23(28)12-16-6-4-3-5-7-16/h3-8,10,13,18H,2,9,11-12,14-15H2,1H3,(H,26,28)/t18-/m1/s1. The number of carbonyl (C=O) groups is 2. The normalized spacial score (nSPS) is 15.6. The van der Waals surface area contributed by atoms with Crippen LogP contribution >= 0.6 is 0 Å². The van der Waals surface area contributed by atoms with Crippen molar-refractivity contribution >= 4 is 22.8 Å². The summed E-state index contributed by atoms with van der Waals surface area (Å²) in [6, 6.07) is 14.3. The van der Waals surface area contributed by atoms with Crippen LogP contribution in [0.4, 0.5) is 4.39 Å². The minimum atomic E-state index is -0.311.